The molecule has 0 radical (unpaired) electrons. The van der Waals surface area contributed by atoms with Crippen molar-refractivity contribution >= 4 is 17.3 Å². The second-order valence-corrected chi connectivity index (χ2v) is 5.16. The van der Waals surface area contributed by atoms with E-state index in [1.165, 1.54) is 0 Å². The third-order valence-corrected chi connectivity index (χ3v) is 3.30. The number of amides is 1. The Bertz CT molecular complexity index is 471. The molecule has 5 nitrogen and oxygen atoms in total. The second kappa shape index (κ2) is 4.49. The topological polar surface area (TPSA) is 92.6 Å². The molecular formula is C13H19N3O2. The van der Waals surface area contributed by atoms with Crippen LogP contribution in [-0.2, 0) is 0 Å². The zero-order chi connectivity index (χ0) is 13.3. The zero-order valence-corrected chi connectivity index (χ0v) is 10.5. The van der Waals surface area contributed by atoms with E-state index in [1.807, 2.05) is 4.90 Å². The van der Waals surface area contributed by atoms with Crippen molar-refractivity contribution < 1.29 is 9.90 Å². The lowest BCUT2D eigenvalue weighted by Gasteiger charge is -2.38. The van der Waals surface area contributed by atoms with Crippen molar-refractivity contribution in [2.75, 3.05) is 23.7 Å². The molecule has 0 aromatic heterocycles. The smallest absolute Gasteiger partial charge is 0.250 e. The van der Waals surface area contributed by atoms with Crippen LogP contribution in [0, 0.1) is 0 Å². The summed E-state index contributed by atoms with van der Waals surface area (Å²) in [4.78, 5) is 13.4. The van der Waals surface area contributed by atoms with Crippen molar-refractivity contribution in [1.82, 2.24) is 0 Å². The molecular weight excluding hydrogens is 230 g/mol. The van der Waals surface area contributed by atoms with E-state index in [0.29, 0.717) is 17.8 Å². The SMILES string of the molecule is CC1(O)CCCN(c2ccc(N)cc2C(N)=O)C1. The first-order chi connectivity index (χ1) is 8.39. The van der Waals surface area contributed by atoms with Crippen molar-refractivity contribution in [3.05, 3.63) is 23.8 Å². The minimum atomic E-state index is -0.728. The highest BCUT2D eigenvalue weighted by molar-refractivity contribution is 5.99. The number of nitrogens with zero attached hydrogens (tertiary/aromatic N) is 1. The Kier molecular flexibility index (Phi) is 3.17. The largest absolute Gasteiger partial charge is 0.399 e. The van der Waals surface area contributed by atoms with Crippen LogP contribution in [0.4, 0.5) is 11.4 Å². The molecule has 1 fully saturated rings. The number of anilines is 2. The zero-order valence-electron chi connectivity index (χ0n) is 10.5. The lowest BCUT2D eigenvalue weighted by Crippen LogP contribution is -2.46. The van der Waals surface area contributed by atoms with Crippen LogP contribution >= 0.6 is 0 Å². The predicted molar refractivity (Wildman–Crippen MR) is 71.4 cm³/mol. The van der Waals surface area contributed by atoms with E-state index < -0.39 is 11.5 Å². The molecule has 1 atom stereocenters. The first-order valence-electron chi connectivity index (χ1n) is 6.06. The fourth-order valence-electron chi connectivity index (χ4n) is 2.45. The molecule has 0 bridgehead atoms. The molecule has 5 heteroatoms. The van der Waals surface area contributed by atoms with Crippen LogP contribution in [-0.4, -0.2) is 29.7 Å². The summed E-state index contributed by atoms with van der Waals surface area (Å²) in [5.74, 6) is -0.498. The van der Waals surface area contributed by atoms with Gasteiger partial charge in [-0.05, 0) is 38.0 Å². The van der Waals surface area contributed by atoms with E-state index in [-0.39, 0.29) is 0 Å². The van der Waals surface area contributed by atoms with Gasteiger partial charge in [0.25, 0.3) is 5.91 Å². The van der Waals surface area contributed by atoms with Gasteiger partial charge in [0.15, 0.2) is 0 Å². The molecule has 1 unspecified atom stereocenters. The molecule has 1 aromatic rings. The summed E-state index contributed by atoms with van der Waals surface area (Å²) in [6.45, 7) is 3.11. The van der Waals surface area contributed by atoms with Crippen LogP contribution < -0.4 is 16.4 Å². The second-order valence-electron chi connectivity index (χ2n) is 5.16. The number of benzene rings is 1. The van der Waals surface area contributed by atoms with Crippen LogP contribution in [0.15, 0.2) is 18.2 Å². The normalized spacial score (nSPS) is 24.0. The molecule has 1 aliphatic rings. The Morgan fingerprint density at radius 3 is 2.83 bits per heavy atom. The van der Waals surface area contributed by atoms with E-state index >= 15 is 0 Å². The lowest BCUT2D eigenvalue weighted by molar-refractivity contribution is 0.0448. The Balaban J connectivity index is 2.35. The number of nitrogen functional groups attached to an aromatic ring is 1. The first-order valence-corrected chi connectivity index (χ1v) is 6.06. The van der Waals surface area contributed by atoms with E-state index in [4.69, 9.17) is 11.5 Å². The summed E-state index contributed by atoms with van der Waals surface area (Å²) >= 11 is 0. The van der Waals surface area contributed by atoms with Crippen molar-refractivity contribution in [3.63, 3.8) is 0 Å². The molecule has 98 valence electrons. The molecule has 1 amide bonds. The van der Waals surface area contributed by atoms with E-state index in [0.717, 1.165) is 25.1 Å². The van der Waals surface area contributed by atoms with Gasteiger partial charge >= 0.3 is 0 Å². The molecule has 1 heterocycles. The van der Waals surface area contributed by atoms with E-state index in [1.54, 1.807) is 25.1 Å². The van der Waals surface area contributed by atoms with Gasteiger partial charge in [0.2, 0.25) is 0 Å². The van der Waals surface area contributed by atoms with E-state index in [9.17, 15) is 9.90 Å². The van der Waals surface area contributed by atoms with Crippen LogP contribution in [0.25, 0.3) is 0 Å². The summed E-state index contributed by atoms with van der Waals surface area (Å²) in [5, 5.41) is 10.1. The van der Waals surface area contributed by atoms with Gasteiger partial charge in [-0.1, -0.05) is 0 Å². The summed E-state index contributed by atoms with van der Waals surface area (Å²) < 4.78 is 0. The van der Waals surface area contributed by atoms with Gasteiger partial charge in [-0.15, -0.1) is 0 Å². The van der Waals surface area contributed by atoms with E-state index in [2.05, 4.69) is 0 Å². The molecule has 2 rings (SSSR count). The molecule has 1 aliphatic heterocycles. The molecule has 1 saturated heterocycles. The van der Waals surface area contributed by atoms with Gasteiger partial charge in [-0.25, -0.2) is 0 Å². The number of piperidine rings is 1. The number of carbonyl (C=O) groups is 1. The Labute approximate surface area is 106 Å². The highest BCUT2D eigenvalue weighted by atomic mass is 16.3. The van der Waals surface area contributed by atoms with Crippen LogP contribution in [0.2, 0.25) is 0 Å². The number of rotatable bonds is 2. The Hall–Kier alpha value is -1.75. The third-order valence-electron chi connectivity index (χ3n) is 3.30. The minimum absolute atomic E-state index is 0.410. The molecule has 0 saturated carbocycles. The van der Waals surface area contributed by atoms with Crippen molar-refractivity contribution in [2.45, 2.75) is 25.4 Å². The monoisotopic (exact) mass is 249 g/mol. The van der Waals surface area contributed by atoms with Crippen LogP contribution in [0.3, 0.4) is 0 Å². The quantitative estimate of drug-likeness (QED) is 0.673. The van der Waals surface area contributed by atoms with Gasteiger partial charge < -0.3 is 21.5 Å². The summed E-state index contributed by atoms with van der Waals surface area (Å²) in [5.41, 5.74) is 12.0. The highest BCUT2D eigenvalue weighted by Crippen LogP contribution is 2.29. The van der Waals surface area contributed by atoms with Gasteiger partial charge in [0, 0.05) is 24.5 Å². The number of hydrogen-bond donors (Lipinski definition) is 3. The standard InChI is InChI=1S/C13H19N3O2/c1-13(18)5-2-6-16(8-13)11-4-3-9(14)7-10(11)12(15)17/h3-4,7,18H,2,5-6,8,14H2,1H3,(H2,15,17). The molecule has 0 aliphatic carbocycles. The van der Waals surface area contributed by atoms with Gasteiger partial charge in [0.05, 0.1) is 11.2 Å². The Morgan fingerprint density at radius 1 is 1.50 bits per heavy atom. The third kappa shape index (κ3) is 2.56. The highest BCUT2D eigenvalue weighted by Gasteiger charge is 2.29. The van der Waals surface area contributed by atoms with Crippen molar-refractivity contribution in [1.29, 1.82) is 0 Å². The average molecular weight is 249 g/mol. The summed E-state index contributed by atoms with van der Waals surface area (Å²) in [7, 11) is 0. The van der Waals surface area contributed by atoms with Crippen LogP contribution in [0.5, 0.6) is 0 Å². The number of aliphatic hydroxyl groups is 1. The Morgan fingerprint density at radius 2 is 2.22 bits per heavy atom. The number of nitrogens with two attached hydrogens (primary N) is 2. The van der Waals surface area contributed by atoms with Crippen molar-refractivity contribution in [3.8, 4) is 0 Å². The molecule has 5 N–H and O–H groups in total. The molecule has 0 spiro atoms. The molecule has 1 aromatic carbocycles. The van der Waals surface area contributed by atoms with Gasteiger partial charge in [0.1, 0.15) is 0 Å². The number of β-amino-alcohol motifs (C(OH)–C–C–N with tert-alkyl or cyclic N) is 1. The predicted octanol–water partition coefficient (Wildman–Crippen LogP) is 0.719. The number of hydrogen-bond acceptors (Lipinski definition) is 4. The summed E-state index contributed by atoms with van der Waals surface area (Å²) in [6.07, 6.45) is 1.65. The summed E-state index contributed by atoms with van der Waals surface area (Å²) in [6, 6.07) is 5.11. The maximum Gasteiger partial charge on any atom is 0.250 e. The van der Waals surface area contributed by atoms with Gasteiger partial charge in [-0.3, -0.25) is 4.79 Å². The fourth-order valence-corrected chi connectivity index (χ4v) is 2.45. The maximum absolute atomic E-state index is 11.5. The molecule has 18 heavy (non-hydrogen) atoms. The number of primary amides is 1. The maximum atomic E-state index is 11.5. The average Bonchev–Trinajstić information content (AvgIpc) is 2.27. The van der Waals surface area contributed by atoms with Gasteiger partial charge in [-0.2, -0.15) is 0 Å². The van der Waals surface area contributed by atoms with Crippen LogP contribution in [0.1, 0.15) is 30.1 Å². The number of carbonyl (C=O) groups excluding carboxylic acids is 1. The minimum Gasteiger partial charge on any atom is -0.399 e. The first kappa shape index (κ1) is 12.7. The fraction of sp³-hybridized carbons (Fsp3) is 0.462. The van der Waals surface area contributed by atoms with Crippen molar-refractivity contribution in [2.24, 2.45) is 5.73 Å². The lowest BCUT2D eigenvalue weighted by atomic mass is 9.94.